The van der Waals surface area contributed by atoms with Crippen molar-refractivity contribution in [1.29, 1.82) is 0 Å². The molecule has 1 aromatic rings. The first-order valence-electron chi connectivity index (χ1n) is 6.61. The summed E-state index contributed by atoms with van der Waals surface area (Å²) in [5.41, 5.74) is -0.482. The molecule has 1 aromatic carbocycles. The van der Waals surface area contributed by atoms with E-state index in [1.165, 1.54) is 31.5 Å². The minimum Gasteiger partial charge on any atom is -0.478 e. The number of sulfonamides is 1. The van der Waals surface area contributed by atoms with Gasteiger partial charge in [-0.15, -0.1) is 0 Å². The van der Waals surface area contributed by atoms with Gasteiger partial charge in [-0.2, -0.15) is 0 Å². The number of carboxylic acids is 1. The van der Waals surface area contributed by atoms with E-state index >= 15 is 0 Å². The molecular formula is C13H13ClN4O6S. The fraction of sp³-hybridized carbons (Fsp3) is 0.154. The lowest BCUT2D eigenvalue weighted by Gasteiger charge is -2.31. The molecular weight excluding hydrogens is 376 g/mol. The van der Waals surface area contributed by atoms with Crippen LogP contribution in [0.5, 0.6) is 0 Å². The van der Waals surface area contributed by atoms with Gasteiger partial charge >= 0.3 is 18.0 Å². The van der Waals surface area contributed by atoms with Gasteiger partial charge in [0.2, 0.25) is 0 Å². The molecule has 0 aromatic heterocycles. The summed E-state index contributed by atoms with van der Waals surface area (Å²) in [6, 6.07) is 3.63. The number of carbonyl (C=O) groups is 2. The van der Waals surface area contributed by atoms with E-state index in [2.05, 4.69) is 15.6 Å². The van der Waals surface area contributed by atoms with Crippen LogP contribution in [0, 0.1) is 0 Å². The highest BCUT2D eigenvalue weighted by atomic mass is 35.5. The summed E-state index contributed by atoms with van der Waals surface area (Å²) < 4.78 is 31.3. The summed E-state index contributed by atoms with van der Waals surface area (Å²) in [4.78, 5) is 26.5. The number of carboxylic acid groups (broad SMARTS) is 1. The van der Waals surface area contributed by atoms with Crippen LogP contribution < -0.4 is 15.4 Å². The molecule has 0 fully saturated rings. The molecule has 0 radical (unpaired) electrons. The Morgan fingerprint density at radius 3 is 2.64 bits per heavy atom. The molecule has 0 saturated carbocycles. The third kappa shape index (κ3) is 4.26. The number of aromatic carboxylic acids is 1. The van der Waals surface area contributed by atoms with Gasteiger partial charge in [-0.3, -0.25) is 5.32 Å². The molecule has 0 aliphatic carbocycles. The van der Waals surface area contributed by atoms with Crippen LogP contribution >= 0.6 is 11.6 Å². The Balaban J connectivity index is 2.21. The van der Waals surface area contributed by atoms with Crippen LogP contribution in [0.4, 0.5) is 4.79 Å². The predicted molar refractivity (Wildman–Crippen MR) is 87.6 cm³/mol. The minimum atomic E-state index is -4.46. The molecule has 2 amide bonds. The number of aliphatic imine (C=N–C) groups is 1. The highest BCUT2D eigenvalue weighted by Crippen LogP contribution is 2.16. The number of halogens is 1. The van der Waals surface area contributed by atoms with Gasteiger partial charge in [0, 0.05) is 13.3 Å². The average Bonchev–Trinajstić information content (AvgIpc) is 2.54. The lowest BCUT2D eigenvalue weighted by molar-refractivity contribution is -0.0404. The summed E-state index contributed by atoms with van der Waals surface area (Å²) in [6.07, 6.45) is 2.63. The zero-order valence-corrected chi connectivity index (χ0v) is 14.3. The topological polar surface area (TPSA) is 146 Å². The molecule has 1 aliphatic heterocycles. The fourth-order valence-corrected chi connectivity index (χ4v) is 3.19. The molecule has 1 heterocycles. The SMILES string of the molecule is COC1(NC(=O)NS(=O)(=O)c2ccccc2C(=O)O)N=CC=C(Cl)N1. The van der Waals surface area contributed by atoms with Crippen molar-refractivity contribution in [2.45, 2.75) is 10.9 Å². The van der Waals surface area contributed by atoms with Crippen molar-refractivity contribution in [1.82, 2.24) is 15.4 Å². The number of allylic oxidation sites excluding steroid dienone is 1. The average molecular weight is 389 g/mol. The Bertz CT molecular complexity index is 869. The number of nitrogens with zero attached hydrogens (tertiary/aromatic N) is 1. The number of benzene rings is 1. The molecule has 134 valence electrons. The smallest absolute Gasteiger partial charge is 0.337 e. The van der Waals surface area contributed by atoms with Crippen LogP contribution in [-0.2, 0) is 14.8 Å². The highest BCUT2D eigenvalue weighted by Gasteiger charge is 2.34. The Hall–Kier alpha value is -2.63. The highest BCUT2D eigenvalue weighted by molar-refractivity contribution is 7.90. The number of hydrogen-bond acceptors (Lipinski definition) is 7. The number of nitrogens with one attached hydrogen (secondary N) is 3. The van der Waals surface area contributed by atoms with Crippen molar-refractivity contribution in [2.24, 2.45) is 4.99 Å². The lowest BCUT2D eigenvalue weighted by Crippen LogP contribution is -2.61. The van der Waals surface area contributed by atoms with Crippen LogP contribution in [0.3, 0.4) is 0 Å². The van der Waals surface area contributed by atoms with Crippen LogP contribution in [-0.4, -0.2) is 44.8 Å². The van der Waals surface area contributed by atoms with Gasteiger partial charge in [-0.25, -0.2) is 27.7 Å². The number of methoxy groups -OCH3 is 1. The van der Waals surface area contributed by atoms with Gasteiger partial charge in [0.05, 0.1) is 5.56 Å². The van der Waals surface area contributed by atoms with Gasteiger partial charge in [0.15, 0.2) is 0 Å². The van der Waals surface area contributed by atoms with E-state index in [1.54, 1.807) is 4.72 Å². The van der Waals surface area contributed by atoms with E-state index < -0.39 is 38.5 Å². The lowest BCUT2D eigenvalue weighted by atomic mass is 10.2. The first-order valence-corrected chi connectivity index (χ1v) is 8.47. The van der Waals surface area contributed by atoms with E-state index in [0.29, 0.717) is 0 Å². The maximum absolute atomic E-state index is 12.3. The van der Waals surface area contributed by atoms with E-state index in [-0.39, 0.29) is 5.16 Å². The second-order valence-corrected chi connectivity index (χ2v) is 6.68. The van der Waals surface area contributed by atoms with Crippen LogP contribution in [0.15, 0.2) is 45.4 Å². The summed E-state index contributed by atoms with van der Waals surface area (Å²) in [5.74, 6) is -3.26. The zero-order chi connectivity index (χ0) is 18.7. The molecule has 0 spiro atoms. The molecule has 0 saturated heterocycles. The Morgan fingerprint density at radius 2 is 2.04 bits per heavy atom. The second kappa shape index (κ2) is 7.09. The van der Waals surface area contributed by atoms with Crippen molar-refractivity contribution in [2.75, 3.05) is 7.11 Å². The van der Waals surface area contributed by atoms with Gasteiger partial charge in [0.25, 0.3) is 10.0 Å². The largest absolute Gasteiger partial charge is 0.478 e. The van der Waals surface area contributed by atoms with E-state index in [1.807, 2.05) is 0 Å². The van der Waals surface area contributed by atoms with Crippen LogP contribution in [0.25, 0.3) is 0 Å². The van der Waals surface area contributed by atoms with Crippen molar-refractivity contribution >= 4 is 39.8 Å². The molecule has 0 bridgehead atoms. The Labute approximate surface area is 147 Å². The number of urea groups is 1. The number of ether oxygens (including phenoxy) is 1. The van der Waals surface area contributed by atoms with Gasteiger partial charge < -0.3 is 15.2 Å². The van der Waals surface area contributed by atoms with Crippen molar-refractivity contribution in [3.05, 3.63) is 41.1 Å². The molecule has 25 heavy (non-hydrogen) atoms. The molecule has 1 atom stereocenters. The number of amides is 2. The first kappa shape index (κ1) is 18.7. The Kier molecular flexibility index (Phi) is 5.30. The minimum absolute atomic E-state index is 0.0937. The van der Waals surface area contributed by atoms with Crippen LogP contribution in [0.1, 0.15) is 10.4 Å². The van der Waals surface area contributed by atoms with Gasteiger partial charge in [-0.1, -0.05) is 23.7 Å². The molecule has 1 aliphatic rings. The standard InChI is InChI=1S/C13H13ClN4O6S/c1-24-13(15-7-6-10(14)16-13)17-12(21)18-25(22,23)9-5-3-2-4-8(9)11(19)20/h2-7,16H,1H3,(H,19,20)(H2,17,18,21). The van der Waals surface area contributed by atoms with Gasteiger partial charge in [-0.05, 0) is 18.2 Å². The maximum atomic E-state index is 12.3. The number of rotatable bonds is 5. The van der Waals surface area contributed by atoms with Crippen molar-refractivity contribution < 1.29 is 27.9 Å². The second-order valence-electron chi connectivity index (χ2n) is 4.63. The summed E-state index contributed by atoms with van der Waals surface area (Å²) in [7, 11) is -3.26. The molecule has 1 unspecified atom stereocenters. The number of carbonyl (C=O) groups excluding carboxylic acids is 1. The third-order valence-corrected chi connectivity index (χ3v) is 4.59. The zero-order valence-electron chi connectivity index (χ0n) is 12.7. The van der Waals surface area contributed by atoms with Gasteiger partial charge in [0.1, 0.15) is 10.1 Å². The Morgan fingerprint density at radius 1 is 1.36 bits per heavy atom. The monoisotopic (exact) mass is 388 g/mol. The first-order chi connectivity index (χ1) is 11.7. The predicted octanol–water partition coefficient (Wildman–Crippen LogP) is 0.385. The van der Waals surface area contributed by atoms with Crippen molar-refractivity contribution in [3.8, 4) is 0 Å². The summed E-state index contributed by atoms with van der Waals surface area (Å²) >= 11 is 5.77. The maximum Gasteiger partial charge on any atom is 0.337 e. The summed E-state index contributed by atoms with van der Waals surface area (Å²) in [5, 5.41) is 13.8. The fourth-order valence-electron chi connectivity index (χ4n) is 1.90. The van der Waals surface area contributed by atoms with E-state index in [9.17, 15) is 18.0 Å². The number of hydrogen-bond donors (Lipinski definition) is 4. The van der Waals surface area contributed by atoms with E-state index in [4.69, 9.17) is 21.4 Å². The van der Waals surface area contributed by atoms with Crippen LogP contribution in [0.2, 0.25) is 0 Å². The van der Waals surface area contributed by atoms with Crippen molar-refractivity contribution in [3.63, 3.8) is 0 Å². The van der Waals surface area contributed by atoms with E-state index in [0.717, 1.165) is 12.1 Å². The quantitative estimate of drug-likeness (QED) is 0.421. The molecule has 10 nitrogen and oxygen atoms in total. The third-order valence-electron chi connectivity index (χ3n) is 2.98. The molecule has 2 rings (SSSR count). The molecule has 4 N–H and O–H groups in total. The normalized spacial score (nSPS) is 19.5. The molecule has 12 heteroatoms. The summed E-state index contributed by atoms with van der Waals surface area (Å²) in [6.45, 7) is 0.